The average Bonchev–Trinajstić information content (AvgIpc) is 3.08. The molecule has 142 valence electrons. The van der Waals surface area contributed by atoms with E-state index in [1.165, 1.54) is 11.3 Å². The molecule has 3 rings (SSSR count). The Morgan fingerprint density at radius 2 is 1.65 bits per heavy atom. The van der Waals surface area contributed by atoms with Crippen LogP contribution in [0.2, 0.25) is 0 Å². The van der Waals surface area contributed by atoms with Gasteiger partial charge in [-0.05, 0) is 40.1 Å². The summed E-state index contributed by atoms with van der Waals surface area (Å²) in [6, 6.07) is 2.90. The summed E-state index contributed by atoms with van der Waals surface area (Å²) in [7, 11) is 0. The number of thiophene rings is 1. The fraction of sp³-hybridized carbons (Fsp3) is 0.412. The van der Waals surface area contributed by atoms with Crippen molar-refractivity contribution >= 4 is 11.3 Å². The molecule has 1 saturated heterocycles. The minimum absolute atomic E-state index is 0.147. The van der Waals surface area contributed by atoms with Gasteiger partial charge in [0.15, 0.2) is 0 Å². The highest BCUT2D eigenvalue weighted by Crippen LogP contribution is 2.42. The lowest BCUT2D eigenvalue weighted by Crippen LogP contribution is -2.45. The zero-order chi connectivity index (χ0) is 18.9. The molecule has 0 amide bonds. The topological polar surface area (TPSA) is 15.3 Å². The molecule has 1 aliphatic heterocycles. The summed E-state index contributed by atoms with van der Waals surface area (Å²) in [5.74, 6) is 0. The number of hydrogen-bond acceptors (Lipinski definition) is 3. The molecule has 1 N–H and O–H groups in total. The van der Waals surface area contributed by atoms with Gasteiger partial charge in [-0.15, -0.1) is 0 Å². The number of piperazine rings is 1. The third-order valence-electron chi connectivity index (χ3n) is 4.36. The van der Waals surface area contributed by atoms with Gasteiger partial charge in [-0.1, -0.05) is 6.07 Å². The number of benzene rings is 1. The Labute approximate surface area is 150 Å². The Bertz CT molecular complexity index is 733. The van der Waals surface area contributed by atoms with Crippen molar-refractivity contribution < 1.29 is 26.3 Å². The van der Waals surface area contributed by atoms with Crippen LogP contribution in [-0.4, -0.2) is 31.1 Å². The second-order valence-corrected chi connectivity index (χ2v) is 6.82. The van der Waals surface area contributed by atoms with Gasteiger partial charge < -0.3 is 5.32 Å². The van der Waals surface area contributed by atoms with Crippen LogP contribution in [0.4, 0.5) is 26.3 Å². The molecule has 1 fully saturated rings. The molecule has 0 spiro atoms. The van der Waals surface area contributed by atoms with Crippen LogP contribution < -0.4 is 5.32 Å². The number of nitrogens with one attached hydrogen (secondary N) is 1. The van der Waals surface area contributed by atoms with Crippen molar-refractivity contribution in [3.63, 3.8) is 0 Å². The van der Waals surface area contributed by atoms with E-state index < -0.39 is 29.5 Å². The molecule has 1 aliphatic rings. The zero-order valence-electron chi connectivity index (χ0n) is 13.5. The third-order valence-corrected chi connectivity index (χ3v) is 5.06. The lowest BCUT2D eigenvalue weighted by atomic mass is 9.92. The van der Waals surface area contributed by atoms with E-state index in [2.05, 4.69) is 5.32 Å². The molecule has 2 aromatic rings. The number of rotatable bonds is 3. The molecular formula is C17H16F6N2S. The van der Waals surface area contributed by atoms with Crippen molar-refractivity contribution in [2.45, 2.75) is 18.4 Å². The third kappa shape index (κ3) is 4.05. The Kier molecular flexibility index (Phi) is 5.32. The van der Waals surface area contributed by atoms with Crippen molar-refractivity contribution in [3.8, 4) is 0 Å². The summed E-state index contributed by atoms with van der Waals surface area (Å²) in [4.78, 5) is 1.87. The molecule has 26 heavy (non-hydrogen) atoms. The Morgan fingerprint density at radius 1 is 0.962 bits per heavy atom. The quantitative estimate of drug-likeness (QED) is 0.754. The average molecular weight is 394 g/mol. The van der Waals surface area contributed by atoms with Crippen molar-refractivity contribution in [1.82, 2.24) is 10.2 Å². The maximum atomic E-state index is 13.6. The molecule has 9 heteroatoms. The largest absolute Gasteiger partial charge is 0.416 e. The molecule has 0 unspecified atom stereocenters. The van der Waals surface area contributed by atoms with Gasteiger partial charge in [0.05, 0.1) is 17.2 Å². The number of nitrogens with zero attached hydrogens (tertiary/aromatic N) is 1. The highest BCUT2D eigenvalue weighted by Gasteiger charge is 2.40. The van der Waals surface area contributed by atoms with Gasteiger partial charge in [0, 0.05) is 26.2 Å². The van der Waals surface area contributed by atoms with Crippen LogP contribution in [0.1, 0.15) is 28.3 Å². The summed E-state index contributed by atoms with van der Waals surface area (Å²) in [5, 5.41) is 6.62. The van der Waals surface area contributed by atoms with Gasteiger partial charge in [0.25, 0.3) is 0 Å². The smallest absolute Gasteiger partial charge is 0.314 e. The van der Waals surface area contributed by atoms with E-state index in [9.17, 15) is 26.3 Å². The second kappa shape index (κ2) is 7.21. The molecule has 0 radical (unpaired) electrons. The van der Waals surface area contributed by atoms with Gasteiger partial charge in [-0.3, -0.25) is 4.90 Å². The first-order valence-electron chi connectivity index (χ1n) is 7.93. The molecule has 0 aliphatic carbocycles. The fourth-order valence-corrected chi connectivity index (χ4v) is 3.85. The number of halogens is 6. The summed E-state index contributed by atoms with van der Waals surface area (Å²) >= 11 is 1.34. The molecule has 0 saturated carbocycles. The molecule has 0 bridgehead atoms. The van der Waals surface area contributed by atoms with Crippen LogP contribution in [0.5, 0.6) is 0 Å². The molecule has 1 atom stereocenters. The zero-order valence-corrected chi connectivity index (χ0v) is 14.3. The molecule has 1 aromatic carbocycles. The lowest BCUT2D eigenvalue weighted by Gasteiger charge is -2.36. The van der Waals surface area contributed by atoms with Crippen molar-refractivity contribution in [2.24, 2.45) is 0 Å². The van der Waals surface area contributed by atoms with E-state index in [1.54, 1.807) is 16.8 Å². The predicted molar refractivity (Wildman–Crippen MR) is 87.1 cm³/mol. The van der Waals surface area contributed by atoms with Crippen molar-refractivity contribution in [3.05, 3.63) is 57.3 Å². The fourth-order valence-electron chi connectivity index (χ4n) is 3.17. The Balaban J connectivity index is 2.14. The Hall–Kier alpha value is -1.58. The van der Waals surface area contributed by atoms with Crippen LogP contribution in [0.25, 0.3) is 0 Å². The van der Waals surface area contributed by atoms with Crippen LogP contribution in [0.15, 0.2) is 35.0 Å². The van der Waals surface area contributed by atoms with Gasteiger partial charge in [0.1, 0.15) is 0 Å². The summed E-state index contributed by atoms with van der Waals surface area (Å²) < 4.78 is 79.6. The monoisotopic (exact) mass is 394 g/mol. The maximum absolute atomic E-state index is 13.6. The van der Waals surface area contributed by atoms with E-state index in [-0.39, 0.29) is 11.6 Å². The van der Waals surface area contributed by atoms with Crippen LogP contribution >= 0.6 is 11.3 Å². The van der Waals surface area contributed by atoms with E-state index in [0.29, 0.717) is 31.7 Å². The van der Waals surface area contributed by atoms with Crippen LogP contribution in [-0.2, 0) is 12.4 Å². The minimum Gasteiger partial charge on any atom is -0.314 e. The van der Waals surface area contributed by atoms with Gasteiger partial charge in [0.2, 0.25) is 0 Å². The number of hydrogen-bond donors (Lipinski definition) is 1. The standard InChI is InChI=1S/C17H16F6N2S/c18-16(19,20)12-1-2-13(14(9-12)17(21,22)23)15(11-3-8-26-10-11)25-6-4-24-5-7-25/h1-3,8-10,15,24H,4-7H2/t15-/m0/s1. The van der Waals surface area contributed by atoms with E-state index in [4.69, 9.17) is 0 Å². The second-order valence-electron chi connectivity index (χ2n) is 6.04. The minimum atomic E-state index is -4.88. The van der Waals surface area contributed by atoms with Crippen LogP contribution in [0.3, 0.4) is 0 Å². The van der Waals surface area contributed by atoms with Crippen molar-refractivity contribution in [2.75, 3.05) is 26.2 Å². The highest BCUT2D eigenvalue weighted by molar-refractivity contribution is 7.08. The lowest BCUT2D eigenvalue weighted by molar-refractivity contribution is -0.143. The van der Waals surface area contributed by atoms with Crippen molar-refractivity contribution in [1.29, 1.82) is 0 Å². The summed E-state index contributed by atoms with van der Waals surface area (Å²) in [5.41, 5.74) is -2.02. The first-order valence-corrected chi connectivity index (χ1v) is 8.87. The number of alkyl halides is 6. The van der Waals surface area contributed by atoms with Gasteiger partial charge in [-0.2, -0.15) is 37.7 Å². The summed E-state index contributed by atoms with van der Waals surface area (Å²) in [6.07, 6.45) is -9.70. The Morgan fingerprint density at radius 3 is 2.19 bits per heavy atom. The van der Waals surface area contributed by atoms with Crippen LogP contribution in [0, 0.1) is 0 Å². The molecule has 2 nitrogen and oxygen atoms in total. The normalized spacial score (nSPS) is 18.1. The first-order chi connectivity index (χ1) is 12.2. The van der Waals surface area contributed by atoms with E-state index in [1.807, 2.05) is 4.90 Å². The predicted octanol–water partition coefficient (Wildman–Crippen LogP) is 4.78. The maximum Gasteiger partial charge on any atom is 0.416 e. The van der Waals surface area contributed by atoms with Gasteiger partial charge in [-0.25, -0.2) is 0 Å². The first kappa shape index (κ1) is 19.2. The molecular weight excluding hydrogens is 378 g/mol. The SMILES string of the molecule is FC(F)(F)c1ccc([C@H](c2ccsc2)N2CCNCC2)c(C(F)(F)F)c1. The van der Waals surface area contributed by atoms with E-state index >= 15 is 0 Å². The molecule has 2 heterocycles. The van der Waals surface area contributed by atoms with E-state index in [0.717, 1.165) is 12.1 Å². The summed E-state index contributed by atoms with van der Waals surface area (Å²) in [6.45, 7) is 2.25. The van der Waals surface area contributed by atoms with Gasteiger partial charge >= 0.3 is 12.4 Å². The molecule has 1 aromatic heterocycles. The highest BCUT2D eigenvalue weighted by atomic mass is 32.1.